The lowest BCUT2D eigenvalue weighted by Gasteiger charge is -2.38. The van der Waals surface area contributed by atoms with Crippen LogP contribution in [0, 0.1) is 12.3 Å². The Labute approximate surface area is 84.4 Å². The van der Waals surface area contributed by atoms with Crippen molar-refractivity contribution >= 4 is 6.09 Å². The van der Waals surface area contributed by atoms with Crippen LogP contribution in [0.3, 0.4) is 0 Å². The average molecular weight is 196 g/mol. The molecule has 78 valence electrons. The number of hydrogen-bond acceptors (Lipinski definition) is 3. The van der Waals surface area contributed by atoms with Crippen LogP contribution in [0.2, 0.25) is 0 Å². The zero-order valence-electron chi connectivity index (χ0n) is 8.81. The van der Waals surface area contributed by atoms with Gasteiger partial charge in [-0.05, 0) is 20.8 Å². The third-order valence-corrected chi connectivity index (χ3v) is 1.87. The Morgan fingerprint density at radius 3 is 2.43 bits per heavy atom. The summed E-state index contributed by atoms with van der Waals surface area (Å²) < 4.78 is 5.10. The third-order valence-electron chi connectivity index (χ3n) is 1.87. The van der Waals surface area contributed by atoms with Gasteiger partial charge >= 0.3 is 6.09 Å². The third kappa shape index (κ3) is 2.64. The van der Waals surface area contributed by atoms with Crippen LogP contribution in [-0.4, -0.2) is 30.3 Å². The van der Waals surface area contributed by atoms with Gasteiger partial charge in [-0.3, -0.25) is 0 Å². The van der Waals surface area contributed by atoms with Crippen molar-refractivity contribution in [2.45, 2.75) is 31.9 Å². The van der Waals surface area contributed by atoms with Gasteiger partial charge in [0.05, 0.1) is 0 Å². The molecule has 0 aromatic rings. The Balaban J connectivity index is 2.45. The average Bonchev–Trinajstić information content (AvgIpc) is 1.93. The first-order valence-electron chi connectivity index (χ1n) is 4.57. The van der Waals surface area contributed by atoms with Crippen molar-refractivity contribution in [3.05, 3.63) is 0 Å². The van der Waals surface area contributed by atoms with Crippen LogP contribution in [0.4, 0.5) is 4.79 Å². The highest BCUT2D eigenvalue weighted by Crippen LogP contribution is 2.12. The molecule has 0 aromatic carbocycles. The van der Waals surface area contributed by atoms with E-state index in [1.54, 1.807) is 0 Å². The van der Waals surface area contributed by atoms with Gasteiger partial charge < -0.3 is 15.4 Å². The molecule has 1 aliphatic rings. The molecule has 0 unspecified atom stereocenters. The summed E-state index contributed by atoms with van der Waals surface area (Å²) in [6.07, 6.45) is 4.86. The van der Waals surface area contributed by atoms with E-state index in [9.17, 15) is 4.79 Å². The first-order valence-corrected chi connectivity index (χ1v) is 4.57. The van der Waals surface area contributed by atoms with Gasteiger partial charge in [0.1, 0.15) is 11.1 Å². The predicted molar refractivity (Wildman–Crippen MR) is 53.8 cm³/mol. The number of ether oxygens (including phenoxy) is 1. The molecule has 4 nitrogen and oxygen atoms in total. The van der Waals surface area contributed by atoms with Gasteiger partial charge in [-0.25, -0.2) is 4.79 Å². The van der Waals surface area contributed by atoms with Crippen LogP contribution in [-0.2, 0) is 4.74 Å². The second kappa shape index (κ2) is 3.50. The molecule has 0 atom stereocenters. The topological polar surface area (TPSA) is 50.4 Å². The molecule has 1 fully saturated rings. The smallest absolute Gasteiger partial charge is 0.408 e. The monoisotopic (exact) mass is 196 g/mol. The number of terminal acetylenes is 1. The maximum atomic E-state index is 11.4. The Hall–Kier alpha value is -1.21. The highest BCUT2D eigenvalue weighted by atomic mass is 16.6. The summed E-state index contributed by atoms with van der Waals surface area (Å²) in [6, 6.07) is 0. The van der Waals surface area contributed by atoms with Crippen LogP contribution < -0.4 is 10.6 Å². The van der Waals surface area contributed by atoms with Crippen LogP contribution in [0.25, 0.3) is 0 Å². The summed E-state index contributed by atoms with van der Waals surface area (Å²) in [7, 11) is 0. The SMILES string of the molecule is C#CC1(NC(=O)OC(C)(C)C)CNC1. The Morgan fingerprint density at radius 1 is 1.57 bits per heavy atom. The summed E-state index contributed by atoms with van der Waals surface area (Å²) >= 11 is 0. The molecule has 2 N–H and O–H groups in total. The predicted octanol–water partition coefficient (Wildman–Crippen LogP) is 0.486. The van der Waals surface area contributed by atoms with Gasteiger partial charge in [-0.2, -0.15) is 0 Å². The lowest BCUT2D eigenvalue weighted by atomic mass is 9.94. The number of alkyl carbamates (subject to hydrolysis) is 1. The van der Waals surface area contributed by atoms with Crippen LogP contribution >= 0.6 is 0 Å². The van der Waals surface area contributed by atoms with Crippen molar-refractivity contribution in [3.8, 4) is 12.3 Å². The minimum absolute atomic E-state index is 0.461. The molecule has 1 aliphatic heterocycles. The maximum Gasteiger partial charge on any atom is 0.408 e. The Morgan fingerprint density at radius 2 is 2.14 bits per heavy atom. The van der Waals surface area contributed by atoms with E-state index in [1.165, 1.54) is 0 Å². The number of carbonyl (C=O) groups is 1. The highest BCUT2D eigenvalue weighted by Gasteiger charge is 2.37. The zero-order valence-corrected chi connectivity index (χ0v) is 8.81. The van der Waals surface area contributed by atoms with E-state index < -0.39 is 17.2 Å². The van der Waals surface area contributed by atoms with Crippen molar-refractivity contribution < 1.29 is 9.53 Å². The van der Waals surface area contributed by atoms with Gasteiger partial charge in [-0.1, -0.05) is 5.92 Å². The van der Waals surface area contributed by atoms with Crippen molar-refractivity contribution in [1.82, 2.24) is 10.6 Å². The number of hydrogen-bond donors (Lipinski definition) is 2. The van der Waals surface area contributed by atoms with E-state index in [4.69, 9.17) is 11.2 Å². The molecule has 1 rings (SSSR count). The summed E-state index contributed by atoms with van der Waals surface area (Å²) in [5.74, 6) is 2.56. The summed E-state index contributed by atoms with van der Waals surface area (Å²) in [5, 5.41) is 5.68. The normalized spacial score (nSPS) is 19.0. The van der Waals surface area contributed by atoms with Crippen molar-refractivity contribution in [2.24, 2.45) is 0 Å². The molecule has 0 bridgehead atoms. The molecule has 1 saturated heterocycles. The lowest BCUT2D eigenvalue weighted by Crippen LogP contribution is -2.68. The second-order valence-electron chi connectivity index (χ2n) is 4.46. The molecule has 0 aliphatic carbocycles. The van der Waals surface area contributed by atoms with Gasteiger partial charge in [-0.15, -0.1) is 6.42 Å². The van der Waals surface area contributed by atoms with E-state index in [0.29, 0.717) is 13.1 Å². The van der Waals surface area contributed by atoms with Gasteiger partial charge in [0.2, 0.25) is 0 Å². The van der Waals surface area contributed by atoms with Crippen molar-refractivity contribution in [2.75, 3.05) is 13.1 Å². The largest absolute Gasteiger partial charge is 0.444 e. The molecule has 1 heterocycles. The fourth-order valence-corrected chi connectivity index (χ4v) is 1.10. The first-order chi connectivity index (χ1) is 6.37. The van der Waals surface area contributed by atoms with E-state index in [-0.39, 0.29) is 0 Å². The van der Waals surface area contributed by atoms with E-state index in [0.717, 1.165) is 0 Å². The first kappa shape index (κ1) is 10.9. The lowest BCUT2D eigenvalue weighted by molar-refractivity contribution is 0.0455. The molecule has 4 heteroatoms. The fraction of sp³-hybridized carbons (Fsp3) is 0.700. The molecule has 0 saturated carbocycles. The Bertz CT molecular complexity index is 269. The molecule has 0 radical (unpaired) electrons. The van der Waals surface area contributed by atoms with Gasteiger partial charge in [0.15, 0.2) is 0 Å². The number of amides is 1. The minimum Gasteiger partial charge on any atom is -0.444 e. The second-order valence-corrected chi connectivity index (χ2v) is 4.46. The molecule has 1 amide bonds. The molecule has 14 heavy (non-hydrogen) atoms. The molecular weight excluding hydrogens is 180 g/mol. The highest BCUT2D eigenvalue weighted by molar-refractivity contribution is 5.70. The summed E-state index contributed by atoms with van der Waals surface area (Å²) in [4.78, 5) is 11.4. The van der Waals surface area contributed by atoms with Gasteiger partial charge in [0.25, 0.3) is 0 Å². The van der Waals surface area contributed by atoms with Crippen molar-refractivity contribution in [1.29, 1.82) is 0 Å². The summed E-state index contributed by atoms with van der Waals surface area (Å²) in [6.45, 7) is 6.64. The molecule has 0 aromatic heterocycles. The van der Waals surface area contributed by atoms with E-state index >= 15 is 0 Å². The number of nitrogens with one attached hydrogen (secondary N) is 2. The molecule has 0 spiro atoms. The van der Waals surface area contributed by atoms with Crippen LogP contribution in [0.15, 0.2) is 0 Å². The number of carbonyl (C=O) groups excluding carboxylic acids is 1. The van der Waals surface area contributed by atoms with Gasteiger partial charge in [0, 0.05) is 13.1 Å². The molecular formula is C10H16N2O2. The zero-order chi connectivity index (χ0) is 10.8. The van der Waals surface area contributed by atoms with Crippen molar-refractivity contribution in [3.63, 3.8) is 0 Å². The van der Waals surface area contributed by atoms with Crippen LogP contribution in [0.1, 0.15) is 20.8 Å². The summed E-state index contributed by atoms with van der Waals surface area (Å²) in [5.41, 5.74) is -1.04. The van der Waals surface area contributed by atoms with E-state index in [1.807, 2.05) is 20.8 Å². The maximum absolute atomic E-state index is 11.4. The number of rotatable bonds is 1. The van der Waals surface area contributed by atoms with Crippen LogP contribution in [0.5, 0.6) is 0 Å². The Kier molecular flexibility index (Phi) is 2.72. The van der Waals surface area contributed by atoms with E-state index in [2.05, 4.69) is 16.6 Å². The quantitative estimate of drug-likeness (QED) is 0.600. The fourth-order valence-electron chi connectivity index (χ4n) is 1.10. The standard InChI is InChI=1S/C10H16N2O2/c1-5-10(6-11-7-10)12-8(13)14-9(2,3)4/h1,11H,6-7H2,2-4H3,(H,12,13). The minimum atomic E-state index is -0.553.